The van der Waals surface area contributed by atoms with Crippen LogP contribution in [0.25, 0.3) is 0 Å². The molecule has 1 N–H and O–H groups in total. The van der Waals surface area contributed by atoms with Crippen molar-refractivity contribution in [2.45, 2.75) is 32.3 Å². The molecule has 0 bridgehead atoms. The topological polar surface area (TPSA) is 51.2 Å². The molecule has 1 saturated heterocycles. The van der Waals surface area contributed by atoms with Gasteiger partial charge in [0.15, 0.2) is 0 Å². The first kappa shape index (κ1) is 26.5. The van der Waals surface area contributed by atoms with Crippen molar-refractivity contribution in [1.29, 1.82) is 0 Å². The van der Waals surface area contributed by atoms with E-state index in [-0.39, 0.29) is 12.0 Å². The summed E-state index contributed by atoms with van der Waals surface area (Å²) in [5, 5.41) is 10.3. The van der Waals surface area contributed by atoms with E-state index in [4.69, 9.17) is 25.8 Å². The first-order chi connectivity index (χ1) is 15.8. The van der Waals surface area contributed by atoms with Gasteiger partial charge in [-0.15, -0.1) is 11.6 Å². The highest BCUT2D eigenvalue weighted by atomic mass is 127. The molecular formula is C26H35ClINO4. The fourth-order valence-corrected chi connectivity index (χ4v) is 4.50. The summed E-state index contributed by atoms with van der Waals surface area (Å²) >= 11 is 8.22. The minimum Gasteiger partial charge on any atom is -0.492 e. The van der Waals surface area contributed by atoms with Crippen LogP contribution in [0.3, 0.4) is 0 Å². The number of nitrogens with zero attached hydrogens (tertiary/aromatic N) is 1. The quantitative estimate of drug-likeness (QED) is 0.298. The van der Waals surface area contributed by atoms with Gasteiger partial charge in [-0.3, -0.25) is 4.90 Å². The summed E-state index contributed by atoms with van der Waals surface area (Å²) in [5.41, 5.74) is 2.25. The molecule has 2 atom stereocenters. The van der Waals surface area contributed by atoms with E-state index < -0.39 is 6.10 Å². The van der Waals surface area contributed by atoms with Gasteiger partial charge in [0.25, 0.3) is 0 Å². The zero-order chi connectivity index (χ0) is 23.8. The average Bonchev–Trinajstić information content (AvgIpc) is 2.82. The van der Waals surface area contributed by atoms with Gasteiger partial charge in [-0.25, -0.2) is 0 Å². The van der Waals surface area contributed by atoms with E-state index in [2.05, 4.69) is 72.5 Å². The Morgan fingerprint density at radius 3 is 2.36 bits per heavy atom. The molecule has 0 amide bonds. The number of halogens is 2. The lowest BCUT2D eigenvalue weighted by Crippen LogP contribution is -2.42. The number of hydrogen-bond acceptors (Lipinski definition) is 5. The monoisotopic (exact) mass is 587 g/mol. The number of benzene rings is 2. The van der Waals surface area contributed by atoms with Gasteiger partial charge in [0, 0.05) is 36.8 Å². The molecule has 0 saturated carbocycles. The number of aliphatic hydroxyl groups excluding tert-OH is 1. The van der Waals surface area contributed by atoms with Crippen molar-refractivity contribution in [3.63, 3.8) is 0 Å². The Hall–Kier alpha value is -1.06. The van der Waals surface area contributed by atoms with Crippen LogP contribution in [0.1, 0.15) is 31.9 Å². The molecule has 1 fully saturated rings. The van der Waals surface area contributed by atoms with Crippen LogP contribution >= 0.6 is 34.2 Å². The first-order valence-corrected chi connectivity index (χ1v) is 13.1. The molecule has 0 spiro atoms. The Labute approximate surface area is 216 Å². The van der Waals surface area contributed by atoms with Gasteiger partial charge in [0.05, 0.1) is 23.4 Å². The molecule has 0 aromatic heterocycles. The largest absolute Gasteiger partial charge is 0.492 e. The van der Waals surface area contributed by atoms with Crippen LogP contribution in [0.4, 0.5) is 0 Å². The highest BCUT2D eigenvalue weighted by Gasteiger charge is 2.24. The van der Waals surface area contributed by atoms with Gasteiger partial charge >= 0.3 is 0 Å². The van der Waals surface area contributed by atoms with Gasteiger partial charge in [0.2, 0.25) is 0 Å². The molecule has 2 aromatic carbocycles. The first-order valence-electron chi connectivity index (χ1n) is 11.5. The van der Waals surface area contributed by atoms with E-state index in [1.807, 2.05) is 18.2 Å². The molecular weight excluding hydrogens is 553 g/mol. The molecule has 0 aliphatic carbocycles. The molecule has 182 valence electrons. The smallest absolute Gasteiger partial charge is 0.132 e. The van der Waals surface area contributed by atoms with Crippen molar-refractivity contribution in [3.05, 3.63) is 57.2 Å². The standard InChI is InChI=1S/C26H35ClINO4/c1-19(15-27)17-33-25-9-6-21(14-24(25)28)26(2,3)20-4-7-23(8-5-20)32-18-22(30)16-29-10-12-31-13-11-29/h4-9,14,19,22,30H,10-13,15-18H2,1-3H3/t19-,22-/m0/s1. The van der Waals surface area contributed by atoms with E-state index in [0.29, 0.717) is 24.9 Å². The number of morpholine rings is 1. The number of ether oxygens (including phenoxy) is 3. The van der Waals surface area contributed by atoms with E-state index in [9.17, 15) is 5.11 Å². The van der Waals surface area contributed by atoms with Crippen LogP contribution in [-0.2, 0) is 10.2 Å². The molecule has 0 radical (unpaired) electrons. The maximum absolute atomic E-state index is 10.3. The minimum atomic E-state index is -0.519. The Morgan fingerprint density at radius 1 is 1.06 bits per heavy atom. The summed E-state index contributed by atoms with van der Waals surface area (Å²) in [6.07, 6.45) is -0.519. The minimum absolute atomic E-state index is 0.170. The van der Waals surface area contributed by atoms with E-state index in [1.165, 1.54) is 11.1 Å². The third-order valence-corrected chi connectivity index (χ3v) is 7.40. The maximum atomic E-state index is 10.3. The number of aliphatic hydroxyl groups is 1. The second-order valence-corrected chi connectivity index (χ2v) is 10.7. The molecule has 33 heavy (non-hydrogen) atoms. The normalized spacial score (nSPS) is 16.9. The second-order valence-electron chi connectivity index (χ2n) is 9.24. The number of hydrogen-bond donors (Lipinski definition) is 1. The third kappa shape index (κ3) is 7.72. The summed E-state index contributed by atoms with van der Waals surface area (Å²) < 4.78 is 18.2. The predicted octanol–water partition coefficient (Wildman–Crippen LogP) is 4.94. The Balaban J connectivity index is 1.57. The van der Waals surface area contributed by atoms with Crippen LogP contribution in [0.5, 0.6) is 11.5 Å². The van der Waals surface area contributed by atoms with Crippen molar-refractivity contribution in [1.82, 2.24) is 4.90 Å². The number of rotatable bonds is 11. The summed E-state index contributed by atoms with van der Waals surface area (Å²) in [7, 11) is 0. The second kappa shape index (κ2) is 12.6. The molecule has 2 aromatic rings. The van der Waals surface area contributed by atoms with E-state index >= 15 is 0 Å². The average molecular weight is 588 g/mol. The molecule has 5 nitrogen and oxygen atoms in total. The lowest BCUT2D eigenvalue weighted by molar-refractivity contribution is 0.00465. The summed E-state index contributed by atoms with van der Waals surface area (Å²) in [5.74, 6) is 2.57. The van der Waals surface area contributed by atoms with Crippen molar-refractivity contribution in [2.75, 3.05) is 51.9 Å². The lowest BCUT2D eigenvalue weighted by atomic mass is 9.78. The molecule has 1 aliphatic rings. The van der Waals surface area contributed by atoms with Crippen LogP contribution in [-0.4, -0.2) is 68.1 Å². The van der Waals surface area contributed by atoms with Crippen molar-refractivity contribution in [3.8, 4) is 11.5 Å². The van der Waals surface area contributed by atoms with Crippen LogP contribution in [0, 0.1) is 9.49 Å². The predicted molar refractivity (Wildman–Crippen MR) is 142 cm³/mol. The highest BCUT2D eigenvalue weighted by molar-refractivity contribution is 14.1. The summed E-state index contributed by atoms with van der Waals surface area (Å²) in [6, 6.07) is 14.5. The maximum Gasteiger partial charge on any atom is 0.132 e. The summed E-state index contributed by atoms with van der Waals surface area (Å²) in [6.45, 7) is 11.2. The lowest BCUT2D eigenvalue weighted by Gasteiger charge is -2.28. The highest BCUT2D eigenvalue weighted by Crippen LogP contribution is 2.35. The van der Waals surface area contributed by atoms with Gasteiger partial charge in [-0.05, 0) is 58.0 Å². The molecule has 3 rings (SSSR count). The van der Waals surface area contributed by atoms with Crippen molar-refractivity contribution in [2.24, 2.45) is 5.92 Å². The zero-order valence-corrected chi connectivity index (χ0v) is 22.6. The Kier molecular flexibility index (Phi) is 10.1. The molecule has 1 heterocycles. The van der Waals surface area contributed by atoms with Crippen LogP contribution < -0.4 is 9.47 Å². The van der Waals surface area contributed by atoms with E-state index in [0.717, 1.165) is 41.4 Å². The zero-order valence-electron chi connectivity index (χ0n) is 19.7. The molecule has 1 aliphatic heterocycles. The van der Waals surface area contributed by atoms with Gasteiger partial charge in [-0.2, -0.15) is 0 Å². The third-order valence-electron chi connectivity index (χ3n) is 6.03. The van der Waals surface area contributed by atoms with E-state index in [1.54, 1.807) is 0 Å². The molecule has 0 unspecified atom stereocenters. The fourth-order valence-electron chi connectivity index (χ4n) is 3.74. The fraction of sp³-hybridized carbons (Fsp3) is 0.538. The Bertz CT molecular complexity index is 871. The summed E-state index contributed by atoms with van der Waals surface area (Å²) in [4.78, 5) is 2.21. The van der Waals surface area contributed by atoms with Gasteiger partial charge < -0.3 is 19.3 Å². The number of alkyl halides is 1. The van der Waals surface area contributed by atoms with Gasteiger partial charge in [0.1, 0.15) is 24.2 Å². The molecule has 7 heteroatoms. The van der Waals surface area contributed by atoms with Crippen molar-refractivity contribution >= 4 is 34.2 Å². The van der Waals surface area contributed by atoms with Crippen LogP contribution in [0.2, 0.25) is 0 Å². The SMILES string of the molecule is C[C@@H](CCl)COc1ccc(C(C)(C)c2ccc(OC[C@@H](O)CN3CCOCC3)cc2)cc1I. The Morgan fingerprint density at radius 2 is 1.73 bits per heavy atom. The van der Waals surface area contributed by atoms with Crippen LogP contribution in [0.15, 0.2) is 42.5 Å². The van der Waals surface area contributed by atoms with Crippen molar-refractivity contribution < 1.29 is 19.3 Å². The number of β-amino-alcohol motifs (C(OH)–C–C–N with tert-alkyl or cyclic N) is 1. The van der Waals surface area contributed by atoms with Gasteiger partial charge in [-0.1, -0.05) is 39.0 Å².